The van der Waals surface area contributed by atoms with E-state index in [9.17, 15) is 9.90 Å². The highest BCUT2D eigenvalue weighted by Gasteiger charge is 2.27. The topological polar surface area (TPSA) is 66.8 Å². The molecule has 0 saturated heterocycles. The first kappa shape index (κ1) is 25.1. The predicted octanol–water partition coefficient (Wildman–Crippen LogP) is 7.33. The van der Waals surface area contributed by atoms with Gasteiger partial charge in [0.05, 0.1) is 0 Å². The van der Waals surface area contributed by atoms with Crippen LogP contribution in [0.15, 0.2) is 66.7 Å². The Hall–Kier alpha value is -3.53. The average molecular weight is 459 g/mol. The summed E-state index contributed by atoms with van der Waals surface area (Å²) in [5, 5.41) is 19.9. The maximum Gasteiger partial charge on any atom is 0.328 e. The number of carboxylic acid groups (broad SMARTS) is 1. The molecule has 0 aliphatic carbocycles. The maximum absolute atomic E-state index is 11.0. The molecule has 0 radical (unpaired) electrons. The van der Waals surface area contributed by atoms with Crippen molar-refractivity contribution >= 4 is 12.0 Å². The van der Waals surface area contributed by atoms with E-state index in [1.165, 1.54) is 6.08 Å². The summed E-state index contributed by atoms with van der Waals surface area (Å²) in [6.07, 6.45) is 2.61. The average Bonchev–Trinajstić information content (AvgIpc) is 2.76. The molecule has 0 aliphatic rings. The van der Waals surface area contributed by atoms with Crippen LogP contribution in [0.3, 0.4) is 0 Å². The van der Waals surface area contributed by atoms with Gasteiger partial charge in [0.15, 0.2) is 0 Å². The molecule has 3 aromatic carbocycles. The normalized spacial score (nSPS) is 12.2. The molecular weight excluding hydrogens is 424 g/mol. The van der Waals surface area contributed by atoms with Gasteiger partial charge in [-0.2, -0.15) is 0 Å². The van der Waals surface area contributed by atoms with Crippen molar-refractivity contribution in [3.63, 3.8) is 0 Å². The molecule has 0 saturated carbocycles. The van der Waals surface area contributed by atoms with Gasteiger partial charge in [-0.25, -0.2) is 4.79 Å². The Balaban J connectivity index is 2.27. The number of carbonyl (C=O) groups is 1. The third-order valence-corrected chi connectivity index (χ3v) is 5.72. The summed E-state index contributed by atoms with van der Waals surface area (Å²) in [5.41, 5.74) is 4.98. The molecule has 0 bridgehead atoms. The number of phenolic OH excluding ortho intramolecular Hbond substituents is 1. The smallest absolute Gasteiger partial charge is 0.328 e. The van der Waals surface area contributed by atoms with Crippen LogP contribution in [0.1, 0.15) is 63.8 Å². The van der Waals surface area contributed by atoms with Crippen molar-refractivity contribution in [2.45, 2.75) is 59.0 Å². The Morgan fingerprint density at radius 1 is 0.882 bits per heavy atom. The summed E-state index contributed by atoms with van der Waals surface area (Å²) in [4.78, 5) is 11.0. The van der Waals surface area contributed by atoms with Crippen molar-refractivity contribution in [3.8, 4) is 22.6 Å². The second-order valence-electron chi connectivity index (χ2n) is 10.6. The highest BCUT2D eigenvalue weighted by molar-refractivity contribution is 5.86. The highest BCUT2D eigenvalue weighted by Crippen LogP contribution is 2.45. The third kappa shape index (κ3) is 6.07. The van der Waals surface area contributed by atoms with E-state index in [0.717, 1.165) is 34.1 Å². The fourth-order valence-electron chi connectivity index (χ4n) is 3.74. The second-order valence-corrected chi connectivity index (χ2v) is 10.6. The zero-order chi connectivity index (χ0) is 25.1. The lowest BCUT2D eigenvalue weighted by molar-refractivity contribution is -0.131. The van der Waals surface area contributed by atoms with Gasteiger partial charge in [-0.3, -0.25) is 0 Å². The predicted molar refractivity (Wildman–Crippen MR) is 138 cm³/mol. The Kier molecular flexibility index (Phi) is 7.21. The highest BCUT2D eigenvalue weighted by atomic mass is 16.5. The molecule has 0 aromatic heterocycles. The van der Waals surface area contributed by atoms with Crippen LogP contribution in [0.5, 0.6) is 11.5 Å². The molecule has 3 aromatic rings. The summed E-state index contributed by atoms with van der Waals surface area (Å²) < 4.78 is 6.47. The quantitative estimate of drug-likeness (QED) is 0.380. The Morgan fingerprint density at radius 2 is 1.56 bits per heavy atom. The van der Waals surface area contributed by atoms with Crippen molar-refractivity contribution in [2.75, 3.05) is 0 Å². The summed E-state index contributed by atoms with van der Waals surface area (Å²) in [7, 11) is 0. The van der Waals surface area contributed by atoms with Crippen LogP contribution in [0, 0.1) is 0 Å². The molecule has 0 fully saturated rings. The zero-order valence-electron chi connectivity index (χ0n) is 20.8. The Bertz CT molecular complexity index is 1190. The Morgan fingerprint density at radius 3 is 2.15 bits per heavy atom. The minimum atomic E-state index is -1.02. The van der Waals surface area contributed by atoms with Gasteiger partial charge in [0.25, 0.3) is 0 Å². The van der Waals surface area contributed by atoms with E-state index in [-0.39, 0.29) is 16.6 Å². The Labute approximate surface area is 202 Å². The minimum absolute atomic E-state index is 0.114. The largest absolute Gasteiger partial charge is 0.507 e. The molecule has 34 heavy (non-hydrogen) atoms. The SMILES string of the molecule is CC(C)(C)c1cc(-c2cc(C=CC(=O)O)ccc2O)c(OCc2ccccc2)c(C(C)(C)C)c1. The van der Waals surface area contributed by atoms with Crippen molar-refractivity contribution in [1.29, 1.82) is 0 Å². The first-order chi connectivity index (χ1) is 15.9. The second kappa shape index (κ2) is 9.76. The van der Waals surface area contributed by atoms with Crippen LogP contribution in [-0.2, 0) is 22.2 Å². The molecular formula is C30H34O4. The van der Waals surface area contributed by atoms with Crippen LogP contribution in [0.2, 0.25) is 0 Å². The van der Waals surface area contributed by atoms with Crippen molar-refractivity contribution in [1.82, 2.24) is 0 Å². The lowest BCUT2D eigenvalue weighted by atomic mass is 9.78. The van der Waals surface area contributed by atoms with Gasteiger partial charge in [-0.15, -0.1) is 0 Å². The van der Waals surface area contributed by atoms with E-state index in [0.29, 0.717) is 17.7 Å². The summed E-state index contributed by atoms with van der Waals surface area (Å²) in [6, 6.07) is 19.4. The number of phenols is 1. The molecule has 0 heterocycles. The van der Waals surface area contributed by atoms with Crippen molar-refractivity contribution < 1.29 is 19.7 Å². The van der Waals surface area contributed by atoms with Gasteiger partial charge in [0.1, 0.15) is 18.1 Å². The van der Waals surface area contributed by atoms with Crippen LogP contribution >= 0.6 is 0 Å². The standard InChI is InChI=1S/C30H34O4/c1-29(2,3)22-17-24(23-16-20(12-14-26(23)31)13-15-27(32)33)28(25(18-22)30(4,5)6)34-19-21-10-8-7-9-11-21/h7-18,31H,19H2,1-6H3,(H,32,33). The number of hydrogen-bond donors (Lipinski definition) is 2. The molecule has 0 unspecified atom stereocenters. The molecule has 2 N–H and O–H groups in total. The lowest BCUT2D eigenvalue weighted by Crippen LogP contribution is -2.18. The number of rotatable bonds is 6. The van der Waals surface area contributed by atoms with Crippen LogP contribution in [0.4, 0.5) is 0 Å². The fraction of sp³-hybridized carbons (Fsp3) is 0.300. The summed E-state index contributed by atoms with van der Waals surface area (Å²) in [5.74, 6) is -0.187. The molecule has 4 nitrogen and oxygen atoms in total. The number of hydrogen-bond acceptors (Lipinski definition) is 3. The molecule has 0 amide bonds. The van der Waals surface area contributed by atoms with Crippen LogP contribution in [0.25, 0.3) is 17.2 Å². The molecule has 0 atom stereocenters. The number of aliphatic carboxylic acids is 1. The minimum Gasteiger partial charge on any atom is -0.507 e. The monoisotopic (exact) mass is 458 g/mol. The van der Waals surface area contributed by atoms with E-state index in [1.807, 2.05) is 30.3 Å². The number of benzene rings is 3. The third-order valence-electron chi connectivity index (χ3n) is 5.72. The molecule has 4 heteroatoms. The van der Waals surface area contributed by atoms with E-state index >= 15 is 0 Å². The van der Waals surface area contributed by atoms with Crippen molar-refractivity contribution in [3.05, 3.63) is 89.0 Å². The molecule has 3 rings (SSSR count). The first-order valence-corrected chi connectivity index (χ1v) is 11.5. The van der Waals surface area contributed by atoms with Gasteiger partial charge in [0.2, 0.25) is 0 Å². The van der Waals surface area contributed by atoms with Gasteiger partial charge in [-0.1, -0.05) is 84.0 Å². The zero-order valence-corrected chi connectivity index (χ0v) is 20.8. The molecule has 0 aliphatic heterocycles. The van der Waals surface area contributed by atoms with Gasteiger partial charge < -0.3 is 14.9 Å². The van der Waals surface area contributed by atoms with Crippen molar-refractivity contribution in [2.24, 2.45) is 0 Å². The number of aromatic hydroxyl groups is 1. The van der Waals surface area contributed by atoms with E-state index in [4.69, 9.17) is 9.84 Å². The van der Waals surface area contributed by atoms with Gasteiger partial charge in [0, 0.05) is 22.8 Å². The lowest BCUT2D eigenvalue weighted by Gasteiger charge is -2.30. The van der Waals surface area contributed by atoms with Gasteiger partial charge in [-0.05, 0) is 51.8 Å². The van der Waals surface area contributed by atoms with E-state index < -0.39 is 5.97 Å². The summed E-state index contributed by atoms with van der Waals surface area (Å²) in [6.45, 7) is 13.3. The van der Waals surface area contributed by atoms with Gasteiger partial charge >= 0.3 is 5.97 Å². The first-order valence-electron chi connectivity index (χ1n) is 11.5. The van der Waals surface area contributed by atoms with Crippen LogP contribution in [-0.4, -0.2) is 16.2 Å². The van der Waals surface area contributed by atoms with E-state index in [1.54, 1.807) is 18.2 Å². The number of ether oxygens (including phenoxy) is 1. The molecule has 0 spiro atoms. The maximum atomic E-state index is 11.0. The fourth-order valence-corrected chi connectivity index (χ4v) is 3.74. The van der Waals surface area contributed by atoms with E-state index in [2.05, 4.69) is 53.7 Å². The molecule has 178 valence electrons. The summed E-state index contributed by atoms with van der Waals surface area (Å²) >= 11 is 0. The van der Waals surface area contributed by atoms with Crippen LogP contribution < -0.4 is 4.74 Å². The number of carboxylic acids is 1.